The summed E-state index contributed by atoms with van der Waals surface area (Å²) in [5.41, 5.74) is 0. The van der Waals surface area contributed by atoms with Crippen LogP contribution in [0.5, 0.6) is 0 Å². The molecule has 5 nitrogen and oxygen atoms in total. The van der Waals surface area contributed by atoms with Crippen molar-refractivity contribution in [3.63, 3.8) is 0 Å². The van der Waals surface area contributed by atoms with E-state index in [-0.39, 0.29) is 0 Å². The van der Waals surface area contributed by atoms with E-state index in [0.717, 1.165) is 38.7 Å². The molecule has 0 bridgehead atoms. The molecule has 0 aromatic heterocycles. The van der Waals surface area contributed by atoms with E-state index in [2.05, 4.69) is 48.5 Å². The molecule has 138 valence electrons. The van der Waals surface area contributed by atoms with Gasteiger partial charge in [-0.3, -0.25) is 4.99 Å². The zero-order valence-electron chi connectivity index (χ0n) is 16.2. The van der Waals surface area contributed by atoms with Crippen LogP contribution in [-0.2, 0) is 4.74 Å². The summed E-state index contributed by atoms with van der Waals surface area (Å²) in [6, 6.07) is 0. The van der Waals surface area contributed by atoms with Gasteiger partial charge in [-0.05, 0) is 45.8 Å². The minimum absolute atomic E-state index is 0.709. The molecule has 0 atom stereocenters. The van der Waals surface area contributed by atoms with E-state index in [4.69, 9.17) is 4.74 Å². The fraction of sp³-hybridized carbons (Fsp3) is 0.944. The Balaban J connectivity index is 3.39. The van der Waals surface area contributed by atoms with Gasteiger partial charge in [-0.25, -0.2) is 0 Å². The number of rotatable bonds is 14. The minimum Gasteiger partial charge on any atom is -0.380 e. The maximum absolute atomic E-state index is 5.59. The molecule has 0 saturated carbocycles. The van der Waals surface area contributed by atoms with Crippen LogP contribution in [0, 0.1) is 5.92 Å². The van der Waals surface area contributed by atoms with Gasteiger partial charge in [-0.2, -0.15) is 0 Å². The molecule has 0 aliphatic carbocycles. The van der Waals surface area contributed by atoms with Crippen molar-refractivity contribution in [1.29, 1.82) is 0 Å². The topological polar surface area (TPSA) is 48.9 Å². The van der Waals surface area contributed by atoms with Crippen LogP contribution in [0.15, 0.2) is 4.99 Å². The Morgan fingerprint density at radius 2 is 1.61 bits per heavy atom. The van der Waals surface area contributed by atoms with Crippen LogP contribution in [0.25, 0.3) is 0 Å². The molecule has 0 radical (unpaired) electrons. The lowest BCUT2D eigenvalue weighted by Crippen LogP contribution is -2.39. The summed E-state index contributed by atoms with van der Waals surface area (Å²) in [6.07, 6.45) is 7.58. The highest BCUT2D eigenvalue weighted by atomic mass is 16.5. The molecular formula is C18H40N4O. The van der Waals surface area contributed by atoms with E-state index in [9.17, 15) is 0 Å². The number of hydrogen-bond acceptors (Lipinski definition) is 3. The number of hydrogen-bond donors (Lipinski definition) is 2. The number of guanidine groups is 1. The van der Waals surface area contributed by atoms with Crippen molar-refractivity contribution in [1.82, 2.24) is 15.5 Å². The van der Waals surface area contributed by atoms with Crippen LogP contribution in [0.4, 0.5) is 0 Å². The van der Waals surface area contributed by atoms with Crippen molar-refractivity contribution in [2.24, 2.45) is 10.9 Å². The summed E-state index contributed by atoms with van der Waals surface area (Å²) in [4.78, 5) is 6.49. The van der Waals surface area contributed by atoms with Crippen LogP contribution in [0.3, 0.4) is 0 Å². The van der Waals surface area contributed by atoms with Crippen molar-refractivity contribution in [3.8, 4) is 0 Å². The monoisotopic (exact) mass is 328 g/mol. The summed E-state index contributed by atoms with van der Waals surface area (Å²) in [7, 11) is 6.09. The van der Waals surface area contributed by atoms with Gasteiger partial charge >= 0.3 is 0 Å². The second-order valence-corrected chi connectivity index (χ2v) is 6.79. The highest BCUT2D eigenvalue weighted by Crippen LogP contribution is 2.02. The lowest BCUT2D eigenvalue weighted by atomic mass is 10.1. The fourth-order valence-electron chi connectivity index (χ4n) is 2.17. The number of nitrogens with zero attached hydrogens (tertiary/aromatic N) is 2. The largest absolute Gasteiger partial charge is 0.380 e. The summed E-state index contributed by atoms with van der Waals surface area (Å²) < 4.78 is 5.59. The highest BCUT2D eigenvalue weighted by molar-refractivity contribution is 5.79. The molecule has 0 aliphatic heterocycles. The minimum atomic E-state index is 0.709. The molecule has 0 amide bonds. The standard InChI is InChI=1S/C18H40N4O/c1-17(2)11-15-23-16-13-21-18(19-3)20-12-9-7-6-8-10-14-22(4)5/h17H,6-16H2,1-5H3,(H2,19,20,21). The molecule has 0 saturated heterocycles. The van der Waals surface area contributed by atoms with Crippen LogP contribution in [-0.4, -0.2) is 64.9 Å². The van der Waals surface area contributed by atoms with Crippen LogP contribution in [0.2, 0.25) is 0 Å². The van der Waals surface area contributed by atoms with Crippen molar-refractivity contribution in [2.75, 3.05) is 54.0 Å². The van der Waals surface area contributed by atoms with Gasteiger partial charge in [-0.15, -0.1) is 0 Å². The first kappa shape index (κ1) is 22.2. The zero-order chi connectivity index (χ0) is 17.3. The van der Waals surface area contributed by atoms with Gasteiger partial charge in [0, 0.05) is 26.7 Å². The van der Waals surface area contributed by atoms with E-state index in [1.807, 2.05) is 7.05 Å². The first-order valence-electron chi connectivity index (χ1n) is 9.23. The molecule has 0 spiro atoms. The van der Waals surface area contributed by atoms with Gasteiger partial charge in [0.1, 0.15) is 0 Å². The predicted molar refractivity (Wildman–Crippen MR) is 101 cm³/mol. The maximum Gasteiger partial charge on any atom is 0.191 e. The van der Waals surface area contributed by atoms with Crippen LogP contribution >= 0.6 is 0 Å². The van der Waals surface area contributed by atoms with E-state index in [0.29, 0.717) is 5.92 Å². The second-order valence-electron chi connectivity index (χ2n) is 6.79. The quantitative estimate of drug-likeness (QED) is 0.292. The van der Waals surface area contributed by atoms with Gasteiger partial charge in [0.2, 0.25) is 0 Å². The summed E-state index contributed by atoms with van der Waals surface area (Å²) in [6.45, 7) is 9.02. The third-order valence-electron chi connectivity index (χ3n) is 3.68. The molecule has 0 heterocycles. The maximum atomic E-state index is 5.59. The Hall–Kier alpha value is -0.810. The normalized spacial score (nSPS) is 12.2. The number of unbranched alkanes of at least 4 members (excludes halogenated alkanes) is 4. The van der Waals surface area contributed by atoms with E-state index >= 15 is 0 Å². The van der Waals surface area contributed by atoms with Crippen molar-refractivity contribution in [3.05, 3.63) is 0 Å². The van der Waals surface area contributed by atoms with Crippen LogP contribution < -0.4 is 10.6 Å². The van der Waals surface area contributed by atoms with E-state index in [1.54, 1.807) is 0 Å². The van der Waals surface area contributed by atoms with Gasteiger partial charge in [0.15, 0.2) is 5.96 Å². The first-order valence-corrected chi connectivity index (χ1v) is 9.23. The molecule has 0 aromatic carbocycles. The molecule has 23 heavy (non-hydrogen) atoms. The van der Waals surface area contributed by atoms with Crippen molar-refractivity contribution >= 4 is 5.96 Å². The summed E-state index contributed by atoms with van der Waals surface area (Å²) in [5.74, 6) is 1.59. The lowest BCUT2D eigenvalue weighted by molar-refractivity contribution is 0.128. The predicted octanol–water partition coefficient (Wildman–Crippen LogP) is 2.73. The van der Waals surface area contributed by atoms with Gasteiger partial charge < -0.3 is 20.3 Å². The van der Waals surface area contributed by atoms with Gasteiger partial charge in [0.25, 0.3) is 0 Å². The molecule has 0 aromatic rings. The third kappa shape index (κ3) is 17.4. The van der Waals surface area contributed by atoms with Crippen LogP contribution in [0.1, 0.15) is 52.4 Å². The van der Waals surface area contributed by atoms with Crippen molar-refractivity contribution < 1.29 is 4.74 Å². The molecule has 5 heteroatoms. The Morgan fingerprint density at radius 1 is 0.957 bits per heavy atom. The average molecular weight is 329 g/mol. The second kappa shape index (κ2) is 16.1. The van der Waals surface area contributed by atoms with Gasteiger partial charge in [-0.1, -0.05) is 33.1 Å². The Kier molecular flexibility index (Phi) is 15.5. The SMILES string of the molecule is CN=C(NCCCCCCCN(C)C)NCCOCCC(C)C. The highest BCUT2D eigenvalue weighted by Gasteiger charge is 1.98. The Morgan fingerprint density at radius 3 is 2.26 bits per heavy atom. The zero-order valence-corrected chi connectivity index (χ0v) is 16.2. The Labute approximate surface area is 144 Å². The summed E-state index contributed by atoms with van der Waals surface area (Å²) >= 11 is 0. The molecular weight excluding hydrogens is 288 g/mol. The molecule has 0 aliphatic rings. The van der Waals surface area contributed by atoms with E-state index in [1.165, 1.54) is 38.6 Å². The molecule has 0 unspecified atom stereocenters. The smallest absolute Gasteiger partial charge is 0.191 e. The molecule has 0 fully saturated rings. The molecule has 2 N–H and O–H groups in total. The average Bonchev–Trinajstić information content (AvgIpc) is 2.50. The van der Waals surface area contributed by atoms with Crippen molar-refractivity contribution in [2.45, 2.75) is 52.4 Å². The first-order chi connectivity index (χ1) is 11.1. The van der Waals surface area contributed by atoms with Gasteiger partial charge in [0.05, 0.1) is 6.61 Å². The molecule has 0 rings (SSSR count). The third-order valence-corrected chi connectivity index (χ3v) is 3.68. The Bertz CT molecular complexity index is 280. The fourth-order valence-corrected chi connectivity index (χ4v) is 2.17. The number of aliphatic imine (C=N–C) groups is 1. The number of nitrogens with one attached hydrogen (secondary N) is 2. The van der Waals surface area contributed by atoms with E-state index < -0.39 is 0 Å². The summed E-state index contributed by atoms with van der Waals surface area (Å²) in [5, 5.41) is 6.65. The lowest BCUT2D eigenvalue weighted by Gasteiger charge is -2.12. The number of ether oxygens (including phenoxy) is 1.